The Morgan fingerprint density at radius 2 is 1.65 bits per heavy atom. The Hall–Kier alpha value is -3.55. The third-order valence-electron chi connectivity index (χ3n) is 5.28. The highest BCUT2D eigenvalue weighted by Crippen LogP contribution is 2.24. The van der Waals surface area contributed by atoms with Gasteiger partial charge in [0.15, 0.2) is 11.4 Å². The first kappa shape index (κ1) is 20.7. The Kier molecular flexibility index (Phi) is 6.06. The van der Waals surface area contributed by atoms with Crippen LogP contribution in [-0.4, -0.2) is 60.5 Å². The number of methoxy groups -OCH3 is 1. The molecule has 0 aliphatic carbocycles. The zero-order chi connectivity index (χ0) is 21.8. The average Bonchev–Trinajstić information content (AvgIpc) is 3.23. The summed E-state index contributed by atoms with van der Waals surface area (Å²) in [5, 5.41) is 4.45. The minimum atomic E-state index is -0.327. The van der Waals surface area contributed by atoms with Crippen LogP contribution in [0.25, 0.3) is 5.69 Å². The van der Waals surface area contributed by atoms with E-state index in [1.165, 1.54) is 12.1 Å². The first-order valence-electron chi connectivity index (χ1n) is 10.3. The molecule has 162 valence electrons. The molecule has 0 bridgehead atoms. The van der Waals surface area contributed by atoms with E-state index in [9.17, 15) is 9.18 Å². The summed E-state index contributed by atoms with van der Waals surface area (Å²) in [7, 11) is 1.65. The molecule has 8 heteroatoms. The highest BCUT2D eigenvalue weighted by Gasteiger charge is 2.27. The van der Waals surface area contributed by atoms with Crippen molar-refractivity contribution in [2.75, 3.05) is 44.8 Å². The molecule has 1 fully saturated rings. The average molecular weight is 424 g/mol. The summed E-state index contributed by atoms with van der Waals surface area (Å²) in [4.78, 5) is 17.2. The summed E-state index contributed by atoms with van der Waals surface area (Å²) >= 11 is 0. The number of hydrogen-bond acceptors (Lipinski definition) is 5. The summed E-state index contributed by atoms with van der Waals surface area (Å²) < 4.78 is 25.7. The molecular formula is C23H25FN4O3. The number of carbonyl (C=O) groups is 1. The van der Waals surface area contributed by atoms with Gasteiger partial charge in [-0.3, -0.25) is 4.79 Å². The van der Waals surface area contributed by atoms with E-state index in [1.54, 1.807) is 35.0 Å². The number of halogens is 1. The topological polar surface area (TPSA) is 59.8 Å². The molecule has 0 unspecified atom stereocenters. The smallest absolute Gasteiger partial charge is 0.278 e. The lowest BCUT2D eigenvalue weighted by Gasteiger charge is -2.36. The van der Waals surface area contributed by atoms with Crippen molar-refractivity contribution in [1.82, 2.24) is 14.7 Å². The van der Waals surface area contributed by atoms with Crippen molar-refractivity contribution in [1.29, 1.82) is 0 Å². The Morgan fingerprint density at radius 1 is 1.00 bits per heavy atom. The SMILES string of the molecule is CCOc1cn(-c2ccc(F)cc2)nc1C(=O)N1CCN(c2ccc(OC)cc2)CC1. The molecule has 2 aromatic carbocycles. The molecule has 1 aromatic heterocycles. The number of amides is 1. The highest BCUT2D eigenvalue weighted by molar-refractivity contribution is 5.95. The van der Waals surface area contributed by atoms with Gasteiger partial charge in [0.2, 0.25) is 0 Å². The van der Waals surface area contributed by atoms with Crippen LogP contribution in [0.1, 0.15) is 17.4 Å². The number of hydrogen-bond donors (Lipinski definition) is 0. The maximum absolute atomic E-state index is 13.2. The Morgan fingerprint density at radius 3 is 2.26 bits per heavy atom. The lowest BCUT2D eigenvalue weighted by molar-refractivity contribution is 0.0736. The van der Waals surface area contributed by atoms with Crippen LogP contribution in [0.15, 0.2) is 54.7 Å². The molecule has 0 N–H and O–H groups in total. The number of benzene rings is 2. The van der Waals surface area contributed by atoms with Crippen molar-refractivity contribution in [3.8, 4) is 17.2 Å². The van der Waals surface area contributed by atoms with E-state index in [2.05, 4.69) is 10.00 Å². The van der Waals surface area contributed by atoms with Crippen LogP contribution in [-0.2, 0) is 0 Å². The molecule has 1 aliphatic rings. The molecule has 0 spiro atoms. The number of carbonyl (C=O) groups excluding carboxylic acids is 1. The van der Waals surface area contributed by atoms with Crippen LogP contribution >= 0.6 is 0 Å². The minimum Gasteiger partial charge on any atom is -0.497 e. The van der Waals surface area contributed by atoms with E-state index < -0.39 is 0 Å². The fraction of sp³-hybridized carbons (Fsp3) is 0.304. The number of anilines is 1. The number of rotatable bonds is 6. The predicted octanol–water partition coefficient (Wildman–Crippen LogP) is 3.38. The predicted molar refractivity (Wildman–Crippen MR) is 116 cm³/mol. The summed E-state index contributed by atoms with van der Waals surface area (Å²) in [5.74, 6) is 0.748. The number of piperazine rings is 1. The number of aromatic nitrogens is 2. The Balaban J connectivity index is 1.48. The molecule has 2 heterocycles. The van der Waals surface area contributed by atoms with Gasteiger partial charge in [0.1, 0.15) is 11.6 Å². The molecular weight excluding hydrogens is 399 g/mol. The molecule has 1 aliphatic heterocycles. The molecule has 0 saturated carbocycles. The van der Waals surface area contributed by atoms with E-state index in [4.69, 9.17) is 9.47 Å². The summed E-state index contributed by atoms with van der Waals surface area (Å²) in [6, 6.07) is 13.8. The van der Waals surface area contributed by atoms with Crippen molar-refractivity contribution in [2.45, 2.75) is 6.92 Å². The van der Waals surface area contributed by atoms with Crippen molar-refractivity contribution in [2.24, 2.45) is 0 Å². The highest BCUT2D eigenvalue weighted by atomic mass is 19.1. The second kappa shape index (κ2) is 9.07. The maximum Gasteiger partial charge on any atom is 0.278 e. The lowest BCUT2D eigenvalue weighted by Crippen LogP contribution is -2.49. The summed E-state index contributed by atoms with van der Waals surface area (Å²) in [5.41, 5.74) is 2.03. The fourth-order valence-electron chi connectivity index (χ4n) is 3.60. The third kappa shape index (κ3) is 4.47. The Labute approximate surface area is 180 Å². The zero-order valence-electron chi connectivity index (χ0n) is 17.6. The van der Waals surface area contributed by atoms with Crippen LogP contribution in [0.2, 0.25) is 0 Å². The van der Waals surface area contributed by atoms with Gasteiger partial charge in [0, 0.05) is 31.9 Å². The van der Waals surface area contributed by atoms with Crippen LogP contribution in [0.3, 0.4) is 0 Å². The standard InChI is InChI=1S/C23H25FN4O3/c1-3-31-21-16-28(19-6-4-17(24)5-7-19)25-22(21)23(29)27-14-12-26(13-15-27)18-8-10-20(30-2)11-9-18/h4-11,16H,3,12-15H2,1-2H3. The van der Waals surface area contributed by atoms with Crippen molar-refractivity contribution in [3.63, 3.8) is 0 Å². The van der Waals surface area contributed by atoms with Gasteiger partial charge >= 0.3 is 0 Å². The van der Waals surface area contributed by atoms with Crippen molar-refractivity contribution >= 4 is 11.6 Å². The first-order chi connectivity index (χ1) is 15.1. The van der Waals surface area contributed by atoms with Gasteiger partial charge in [-0.1, -0.05) is 0 Å². The van der Waals surface area contributed by atoms with Gasteiger partial charge in [-0.05, 0) is 55.5 Å². The molecule has 1 amide bonds. The third-order valence-corrected chi connectivity index (χ3v) is 5.28. The maximum atomic E-state index is 13.2. The van der Waals surface area contributed by atoms with Crippen molar-refractivity contribution in [3.05, 3.63) is 66.2 Å². The quantitative estimate of drug-likeness (QED) is 0.607. The van der Waals surface area contributed by atoms with E-state index in [0.717, 1.165) is 24.5 Å². The fourth-order valence-corrected chi connectivity index (χ4v) is 3.60. The molecule has 3 aromatic rings. The van der Waals surface area contributed by atoms with Gasteiger partial charge in [-0.15, -0.1) is 0 Å². The van der Waals surface area contributed by atoms with Crippen LogP contribution in [0.4, 0.5) is 10.1 Å². The molecule has 4 rings (SSSR count). The van der Waals surface area contributed by atoms with Gasteiger partial charge in [0.05, 0.1) is 25.6 Å². The second-order valence-corrected chi connectivity index (χ2v) is 7.17. The van der Waals surface area contributed by atoms with Gasteiger partial charge < -0.3 is 19.3 Å². The van der Waals surface area contributed by atoms with Crippen LogP contribution in [0.5, 0.6) is 11.5 Å². The zero-order valence-corrected chi connectivity index (χ0v) is 17.6. The molecule has 31 heavy (non-hydrogen) atoms. The largest absolute Gasteiger partial charge is 0.497 e. The van der Waals surface area contributed by atoms with E-state index in [1.807, 2.05) is 31.2 Å². The molecule has 7 nitrogen and oxygen atoms in total. The normalized spacial score (nSPS) is 13.9. The van der Waals surface area contributed by atoms with Crippen LogP contribution < -0.4 is 14.4 Å². The van der Waals surface area contributed by atoms with Gasteiger partial charge in [-0.25, -0.2) is 9.07 Å². The number of ether oxygens (including phenoxy) is 2. The summed E-state index contributed by atoms with van der Waals surface area (Å²) in [6.07, 6.45) is 1.66. The van der Waals surface area contributed by atoms with Crippen LogP contribution in [0, 0.1) is 5.82 Å². The molecule has 0 radical (unpaired) electrons. The van der Waals surface area contributed by atoms with Crippen molar-refractivity contribution < 1.29 is 18.7 Å². The van der Waals surface area contributed by atoms with E-state index >= 15 is 0 Å². The van der Waals surface area contributed by atoms with Gasteiger partial charge in [0.25, 0.3) is 5.91 Å². The molecule has 0 atom stereocenters. The van der Waals surface area contributed by atoms with E-state index in [0.29, 0.717) is 31.1 Å². The second-order valence-electron chi connectivity index (χ2n) is 7.17. The summed E-state index contributed by atoms with van der Waals surface area (Å²) in [6.45, 7) is 4.89. The van der Waals surface area contributed by atoms with E-state index in [-0.39, 0.29) is 17.4 Å². The minimum absolute atomic E-state index is 0.168. The molecule has 1 saturated heterocycles. The first-order valence-corrected chi connectivity index (χ1v) is 10.3. The van der Waals surface area contributed by atoms with Gasteiger partial charge in [-0.2, -0.15) is 5.10 Å². The lowest BCUT2D eigenvalue weighted by atomic mass is 10.2. The Bertz CT molecular complexity index is 1030. The number of nitrogens with zero attached hydrogens (tertiary/aromatic N) is 4. The monoisotopic (exact) mass is 424 g/mol.